The summed E-state index contributed by atoms with van der Waals surface area (Å²) in [5, 5.41) is 11.3. The van der Waals surface area contributed by atoms with Crippen LogP contribution in [0.4, 0.5) is 4.79 Å². The predicted molar refractivity (Wildman–Crippen MR) is 74.6 cm³/mol. The molecule has 20 heavy (non-hydrogen) atoms. The Morgan fingerprint density at radius 2 is 2.20 bits per heavy atom. The van der Waals surface area contributed by atoms with E-state index >= 15 is 0 Å². The van der Waals surface area contributed by atoms with Crippen LogP contribution in [0.15, 0.2) is 36.7 Å². The average Bonchev–Trinajstić information content (AvgIpc) is 2.97. The van der Waals surface area contributed by atoms with E-state index in [0.717, 1.165) is 5.56 Å². The number of hydrogen-bond donors (Lipinski definition) is 1. The molecule has 2 rings (SSSR count). The zero-order valence-corrected chi connectivity index (χ0v) is 11.7. The van der Waals surface area contributed by atoms with Gasteiger partial charge >= 0.3 is 6.09 Å². The summed E-state index contributed by atoms with van der Waals surface area (Å²) in [6.07, 6.45) is 3.32. The normalized spacial score (nSPS) is 11.9. The highest BCUT2D eigenvalue weighted by Crippen LogP contribution is 2.17. The van der Waals surface area contributed by atoms with Crippen molar-refractivity contribution in [2.24, 2.45) is 0 Å². The fraction of sp³-hybridized carbons (Fsp3) is 0.308. The number of hydrogen-bond acceptors (Lipinski definition) is 4. The van der Waals surface area contributed by atoms with E-state index in [-0.39, 0.29) is 12.6 Å². The highest BCUT2D eigenvalue weighted by molar-refractivity contribution is 6.30. The molecule has 0 saturated carbocycles. The van der Waals surface area contributed by atoms with Gasteiger partial charge in [0.15, 0.2) is 0 Å². The Morgan fingerprint density at radius 3 is 2.85 bits per heavy atom. The van der Waals surface area contributed by atoms with E-state index in [9.17, 15) is 4.79 Å². The minimum absolute atomic E-state index is 0.180. The first-order valence-corrected chi connectivity index (χ1v) is 6.51. The van der Waals surface area contributed by atoms with Gasteiger partial charge in [-0.25, -0.2) is 4.79 Å². The molecular weight excluding hydrogens is 280 g/mol. The molecule has 7 heteroatoms. The van der Waals surface area contributed by atoms with E-state index in [1.54, 1.807) is 12.4 Å². The summed E-state index contributed by atoms with van der Waals surface area (Å²) in [5.41, 5.74) is 1.03. The molecule has 0 spiro atoms. The van der Waals surface area contributed by atoms with Crippen molar-refractivity contribution in [3.05, 3.63) is 47.2 Å². The molecule has 1 aromatic carbocycles. The zero-order valence-electron chi connectivity index (χ0n) is 11.0. The molecule has 2 aromatic rings. The lowest BCUT2D eigenvalue weighted by Crippen LogP contribution is -2.26. The number of aromatic nitrogens is 3. The Bertz CT molecular complexity index is 559. The number of rotatable bonds is 5. The van der Waals surface area contributed by atoms with Gasteiger partial charge in [0.1, 0.15) is 12.6 Å². The van der Waals surface area contributed by atoms with E-state index in [1.165, 1.54) is 11.8 Å². The summed E-state index contributed by atoms with van der Waals surface area (Å²) in [6.45, 7) is 0.181. The smallest absolute Gasteiger partial charge is 0.406 e. The first kappa shape index (κ1) is 14.3. The van der Waals surface area contributed by atoms with Gasteiger partial charge < -0.3 is 10.1 Å². The maximum Gasteiger partial charge on any atom is 0.406 e. The minimum Gasteiger partial charge on any atom is -0.447 e. The van der Waals surface area contributed by atoms with Crippen LogP contribution in [0.5, 0.6) is 0 Å². The molecule has 1 heterocycles. The van der Waals surface area contributed by atoms with Crippen molar-refractivity contribution in [1.82, 2.24) is 20.3 Å². The van der Waals surface area contributed by atoms with Crippen LogP contribution in [0.1, 0.15) is 11.6 Å². The maximum atomic E-state index is 11.2. The van der Waals surface area contributed by atoms with Crippen molar-refractivity contribution in [2.45, 2.75) is 12.5 Å². The van der Waals surface area contributed by atoms with Crippen molar-refractivity contribution >= 4 is 17.7 Å². The van der Waals surface area contributed by atoms with E-state index in [2.05, 4.69) is 15.5 Å². The summed E-state index contributed by atoms with van der Waals surface area (Å²) in [5.74, 6) is 0. The highest BCUT2D eigenvalue weighted by atomic mass is 35.5. The van der Waals surface area contributed by atoms with Crippen molar-refractivity contribution in [3.8, 4) is 0 Å². The third-order valence-electron chi connectivity index (χ3n) is 2.73. The van der Waals surface area contributed by atoms with Gasteiger partial charge in [0, 0.05) is 12.1 Å². The number of benzene rings is 1. The van der Waals surface area contributed by atoms with Gasteiger partial charge in [-0.2, -0.15) is 15.0 Å². The molecule has 0 saturated heterocycles. The fourth-order valence-corrected chi connectivity index (χ4v) is 2.01. The summed E-state index contributed by atoms with van der Waals surface area (Å²) in [7, 11) is 1.51. The Kier molecular flexibility index (Phi) is 4.95. The van der Waals surface area contributed by atoms with Crippen LogP contribution in [-0.2, 0) is 11.2 Å². The Hall–Kier alpha value is -2.08. The number of carbonyl (C=O) groups excluding carboxylic acids is 1. The molecule has 106 valence electrons. The average molecular weight is 295 g/mol. The molecule has 1 unspecified atom stereocenters. The third-order valence-corrected chi connectivity index (χ3v) is 2.97. The van der Waals surface area contributed by atoms with Crippen molar-refractivity contribution in [1.29, 1.82) is 0 Å². The third kappa shape index (κ3) is 3.96. The SMILES string of the molecule is CNC(=O)OCC(Cc1cccc(Cl)c1)n1nccn1. The molecule has 0 bridgehead atoms. The molecule has 0 aliphatic heterocycles. The van der Waals surface area contributed by atoms with E-state index in [4.69, 9.17) is 16.3 Å². The lowest BCUT2D eigenvalue weighted by molar-refractivity contribution is 0.123. The molecule has 0 radical (unpaired) electrons. The van der Waals surface area contributed by atoms with Crippen molar-refractivity contribution in [2.75, 3.05) is 13.7 Å². The van der Waals surface area contributed by atoms with Crippen LogP contribution in [0.3, 0.4) is 0 Å². The summed E-state index contributed by atoms with van der Waals surface area (Å²) in [4.78, 5) is 12.7. The monoisotopic (exact) mass is 294 g/mol. The molecule has 0 fully saturated rings. The first-order valence-electron chi connectivity index (χ1n) is 6.14. The predicted octanol–water partition coefficient (Wildman–Crippen LogP) is 2.07. The topological polar surface area (TPSA) is 69.0 Å². The number of carbonyl (C=O) groups is 1. The zero-order chi connectivity index (χ0) is 14.4. The lowest BCUT2D eigenvalue weighted by Gasteiger charge is -2.16. The van der Waals surface area contributed by atoms with Crippen LogP contribution >= 0.6 is 11.6 Å². The van der Waals surface area contributed by atoms with E-state index in [1.807, 2.05) is 24.3 Å². The van der Waals surface area contributed by atoms with Crippen LogP contribution in [0.25, 0.3) is 0 Å². The quantitative estimate of drug-likeness (QED) is 0.916. The number of ether oxygens (including phenoxy) is 1. The fourth-order valence-electron chi connectivity index (χ4n) is 1.80. The van der Waals surface area contributed by atoms with Gasteiger partial charge in [-0.05, 0) is 24.1 Å². The number of alkyl carbamates (subject to hydrolysis) is 1. The van der Waals surface area contributed by atoms with Crippen molar-refractivity contribution < 1.29 is 9.53 Å². The Balaban J connectivity index is 2.08. The molecule has 1 aromatic heterocycles. The van der Waals surface area contributed by atoms with Gasteiger partial charge in [0.05, 0.1) is 12.4 Å². The largest absolute Gasteiger partial charge is 0.447 e. The summed E-state index contributed by atoms with van der Waals surface area (Å²) < 4.78 is 5.10. The molecule has 1 N–H and O–H groups in total. The molecule has 0 aliphatic carbocycles. The number of amides is 1. The molecular formula is C13H15ClN4O2. The van der Waals surface area contributed by atoms with Gasteiger partial charge in [-0.15, -0.1) is 0 Å². The van der Waals surface area contributed by atoms with E-state index in [0.29, 0.717) is 11.4 Å². The standard InChI is InChI=1S/C13H15ClN4O2/c1-15-13(19)20-9-12(18-16-5-6-17-18)8-10-3-2-4-11(14)7-10/h2-7,12H,8-9H2,1H3,(H,15,19). The second-order valence-corrected chi connectivity index (χ2v) is 4.62. The second-order valence-electron chi connectivity index (χ2n) is 4.19. The second kappa shape index (κ2) is 6.91. The Morgan fingerprint density at radius 1 is 1.45 bits per heavy atom. The van der Waals surface area contributed by atoms with Crippen molar-refractivity contribution in [3.63, 3.8) is 0 Å². The summed E-state index contributed by atoms with van der Waals surface area (Å²) in [6, 6.07) is 7.35. The van der Waals surface area contributed by atoms with Gasteiger partial charge in [0.2, 0.25) is 0 Å². The van der Waals surface area contributed by atoms with Crippen LogP contribution in [-0.4, -0.2) is 34.7 Å². The van der Waals surface area contributed by atoms with Gasteiger partial charge in [-0.1, -0.05) is 23.7 Å². The summed E-state index contributed by atoms with van der Waals surface area (Å²) >= 11 is 5.97. The van der Waals surface area contributed by atoms with Gasteiger partial charge in [-0.3, -0.25) is 0 Å². The number of nitrogens with one attached hydrogen (secondary N) is 1. The molecule has 0 aliphatic rings. The van der Waals surface area contributed by atoms with Crippen LogP contribution in [0.2, 0.25) is 5.02 Å². The molecule has 1 atom stereocenters. The molecule has 1 amide bonds. The van der Waals surface area contributed by atoms with E-state index < -0.39 is 6.09 Å². The molecule has 6 nitrogen and oxygen atoms in total. The first-order chi connectivity index (χ1) is 9.69. The maximum absolute atomic E-state index is 11.2. The lowest BCUT2D eigenvalue weighted by atomic mass is 10.1. The Labute approximate surface area is 121 Å². The minimum atomic E-state index is -0.478. The van der Waals surface area contributed by atoms with Gasteiger partial charge in [0.25, 0.3) is 0 Å². The number of halogens is 1. The van der Waals surface area contributed by atoms with Crippen LogP contribution < -0.4 is 5.32 Å². The highest BCUT2D eigenvalue weighted by Gasteiger charge is 2.16. The number of nitrogens with zero attached hydrogens (tertiary/aromatic N) is 3. The van der Waals surface area contributed by atoms with Crippen LogP contribution in [0, 0.1) is 0 Å².